The lowest BCUT2D eigenvalue weighted by Crippen LogP contribution is -2.63. The molecule has 3 aliphatic heterocycles. The number of nitrogens with zero attached hydrogens (tertiary/aromatic N) is 3. The largest absolute Gasteiger partial charge is 0.350 e. The van der Waals surface area contributed by atoms with Crippen molar-refractivity contribution < 1.29 is 24.0 Å². The fourth-order valence-corrected chi connectivity index (χ4v) is 9.05. The summed E-state index contributed by atoms with van der Waals surface area (Å²) in [7, 11) is 0. The summed E-state index contributed by atoms with van der Waals surface area (Å²) in [4.78, 5) is 40.5. The van der Waals surface area contributed by atoms with Crippen molar-refractivity contribution in [1.29, 1.82) is 0 Å². The molecule has 2 amide bonds. The van der Waals surface area contributed by atoms with Crippen molar-refractivity contribution in [2.45, 2.75) is 89.8 Å². The summed E-state index contributed by atoms with van der Waals surface area (Å²) in [5.41, 5.74) is 6.12. The predicted molar refractivity (Wildman–Crippen MR) is 163 cm³/mol. The Bertz CT molecular complexity index is 1540. The smallest absolute Gasteiger partial charge is 0.269 e. The maximum atomic E-state index is 14.1. The van der Waals surface area contributed by atoms with Gasteiger partial charge in [-0.25, -0.2) is 5.01 Å². The van der Waals surface area contributed by atoms with Gasteiger partial charge < -0.3 is 14.4 Å². The molecule has 0 bridgehead atoms. The Morgan fingerprint density at radius 2 is 1.89 bits per heavy atom. The molecule has 232 valence electrons. The Labute approximate surface area is 257 Å². The number of nitro groups is 1. The van der Waals surface area contributed by atoms with E-state index in [1.54, 1.807) is 5.01 Å². The third-order valence-electron chi connectivity index (χ3n) is 11.0. The number of hydrazine groups is 1. The second-order valence-electron chi connectivity index (χ2n) is 14.1. The number of hydrogen-bond donors (Lipinski definition) is 1. The van der Waals surface area contributed by atoms with E-state index in [2.05, 4.69) is 36.0 Å². The molecule has 2 saturated carbocycles. The molecule has 2 saturated heterocycles. The van der Waals surface area contributed by atoms with E-state index >= 15 is 0 Å². The highest BCUT2D eigenvalue weighted by atomic mass is 16.7. The summed E-state index contributed by atoms with van der Waals surface area (Å²) in [5, 5.41) is 12.7. The lowest BCUT2D eigenvalue weighted by molar-refractivity contribution is -0.384. The zero-order valence-electron chi connectivity index (χ0n) is 25.6. The average Bonchev–Trinajstić information content (AvgIpc) is 3.48. The quantitative estimate of drug-likeness (QED) is 0.273. The van der Waals surface area contributed by atoms with Crippen LogP contribution in [0, 0.1) is 26.9 Å². The molecule has 0 aromatic heterocycles. The van der Waals surface area contributed by atoms with Crippen LogP contribution in [0.4, 0.5) is 11.4 Å². The van der Waals surface area contributed by atoms with Gasteiger partial charge in [-0.1, -0.05) is 37.3 Å². The van der Waals surface area contributed by atoms with Gasteiger partial charge in [0.1, 0.15) is 12.2 Å². The Morgan fingerprint density at radius 3 is 2.64 bits per heavy atom. The van der Waals surface area contributed by atoms with Crippen LogP contribution in [-0.4, -0.2) is 52.5 Å². The third kappa shape index (κ3) is 4.53. The number of hydrogen-bond acceptors (Lipinski definition) is 7. The highest BCUT2D eigenvalue weighted by Gasteiger charge is 2.62. The van der Waals surface area contributed by atoms with E-state index in [-0.39, 0.29) is 40.0 Å². The number of non-ortho nitro benzene ring substituents is 1. The monoisotopic (exact) mass is 600 g/mol. The molecule has 1 N–H and O–H groups in total. The van der Waals surface area contributed by atoms with Gasteiger partial charge in [-0.15, -0.1) is 0 Å². The lowest BCUT2D eigenvalue weighted by atomic mass is 9.47. The molecule has 2 aromatic rings. The first-order valence-electron chi connectivity index (χ1n) is 15.6. The number of amides is 2. The summed E-state index contributed by atoms with van der Waals surface area (Å²) in [6.45, 7) is 11.3. The van der Waals surface area contributed by atoms with Crippen LogP contribution in [0.1, 0.15) is 75.2 Å². The van der Waals surface area contributed by atoms with E-state index < -0.39 is 28.8 Å². The maximum Gasteiger partial charge on any atom is 0.269 e. The fraction of sp³-hybridized carbons (Fsp3) is 0.529. The van der Waals surface area contributed by atoms with E-state index in [0.717, 1.165) is 43.4 Å². The van der Waals surface area contributed by atoms with Gasteiger partial charge in [0.15, 0.2) is 5.79 Å². The number of para-hydroxylation sites is 1. The first kappa shape index (κ1) is 29.0. The number of carbonyl (C=O) groups excluding carboxylic acids is 2. The van der Waals surface area contributed by atoms with Gasteiger partial charge in [0.25, 0.3) is 17.5 Å². The normalized spacial score (nSPS) is 33.7. The van der Waals surface area contributed by atoms with Crippen molar-refractivity contribution in [3.8, 4) is 0 Å². The van der Waals surface area contributed by atoms with E-state index in [1.165, 1.54) is 29.8 Å². The molecule has 44 heavy (non-hydrogen) atoms. The first-order valence-corrected chi connectivity index (χ1v) is 15.6. The van der Waals surface area contributed by atoms with E-state index in [9.17, 15) is 19.7 Å². The Balaban J connectivity index is 1.25. The van der Waals surface area contributed by atoms with Crippen molar-refractivity contribution >= 4 is 23.2 Å². The van der Waals surface area contributed by atoms with Gasteiger partial charge in [-0.3, -0.25) is 25.1 Å². The first-order chi connectivity index (χ1) is 20.9. The van der Waals surface area contributed by atoms with Crippen LogP contribution in [0.5, 0.6) is 0 Å². The Hall–Kier alpha value is -3.76. The van der Waals surface area contributed by atoms with E-state index in [4.69, 9.17) is 9.47 Å². The molecule has 2 aliphatic carbocycles. The van der Waals surface area contributed by atoms with Gasteiger partial charge in [-0.2, -0.15) is 0 Å². The predicted octanol–water partition coefficient (Wildman–Crippen LogP) is 5.52. The van der Waals surface area contributed by atoms with Crippen LogP contribution in [0.15, 0.2) is 60.7 Å². The van der Waals surface area contributed by atoms with Crippen LogP contribution in [0.3, 0.4) is 0 Å². The van der Waals surface area contributed by atoms with Crippen LogP contribution >= 0.6 is 0 Å². The SMILES string of the molecule is C=C1CC[C@H]2C(CC3N(NC(=O)c4ccc([N+](=O)[O-])cc4)C(=O)C4Cc5ccccc5N43)(CCC3OC(C)(C)OC[C@]32C)C1. The van der Waals surface area contributed by atoms with Gasteiger partial charge in [0.2, 0.25) is 0 Å². The van der Waals surface area contributed by atoms with Crippen molar-refractivity contribution in [3.63, 3.8) is 0 Å². The lowest BCUT2D eigenvalue weighted by Gasteiger charge is -2.63. The number of rotatable bonds is 5. The molecule has 0 spiro atoms. The number of fused-ring (bicyclic) bond motifs is 6. The number of ether oxygens (including phenoxy) is 2. The minimum absolute atomic E-state index is 0.0826. The highest BCUT2D eigenvalue weighted by molar-refractivity contribution is 5.98. The van der Waals surface area contributed by atoms with Crippen LogP contribution in [0.25, 0.3) is 0 Å². The summed E-state index contributed by atoms with van der Waals surface area (Å²) in [6.07, 6.45) is 5.54. The zero-order chi connectivity index (χ0) is 31.0. The topological polar surface area (TPSA) is 114 Å². The minimum Gasteiger partial charge on any atom is -0.350 e. The number of carbonyl (C=O) groups is 2. The number of allylic oxidation sites excluding steroid dienone is 1. The van der Waals surface area contributed by atoms with Crippen LogP contribution in [-0.2, 0) is 20.7 Å². The average molecular weight is 601 g/mol. The Morgan fingerprint density at radius 1 is 1.14 bits per heavy atom. The zero-order valence-corrected chi connectivity index (χ0v) is 25.6. The summed E-state index contributed by atoms with van der Waals surface area (Å²) >= 11 is 0. The third-order valence-corrected chi connectivity index (χ3v) is 11.0. The molecule has 5 aliphatic rings. The minimum atomic E-state index is -0.619. The van der Waals surface area contributed by atoms with Crippen molar-refractivity contribution in [3.05, 3.63) is 81.9 Å². The highest BCUT2D eigenvalue weighted by Crippen LogP contribution is 2.63. The van der Waals surface area contributed by atoms with E-state index in [1.807, 2.05) is 26.0 Å². The number of anilines is 1. The second-order valence-corrected chi connectivity index (χ2v) is 14.1. The van der Waals surface area contributed by atoms with Gasteiger partial charge in [0, 0.05) is 35.2 Å². The number of benzene rings is 2. The van der Waals surface area contributed by atoms with Crippen LogP contribution in [0.2, 0.25) is 0 Å². The van der Waals surface area contributed by atoms with Crippen molar-refractivity contribution in [2.75, 3.05) is 11.5 Å². The van der Waals surface area contributed by atoms with E-state index in [0.29, 0.717) is 19.4 Å². The fourth-order valence-electron chi connectivity index (χ4n) is 9.05. The Kier molecular flexibility index (Phi) is 6.68. The molecule has 7 rings (SSSR count). The molecular formula is C34H40N4O6. The maximum absolute atomic E-state index is 14.1. The molecule has 10 nitrogen and oxygen atoms in total. The summed E-state index contributed by atoms with van der Waals surface area (Å²) < 4.78 is 12.8. The van der Waals surface area contributed by atoms with Gasteiger partial charge >= 0.3 is 0 Å². The van der Waals surface area contributed by atoms with Gasteiger partial charge in [0.05, 0.1) is 17.6 Å². The summed E-state index contributed by atoms with van der Waals surface area (Å²) in [6, 6.07) is 13.2. The summed E-state index contributed by atoms with van der Waals surface area (Å²) in [5.74, 6) is -0.947. The molecule has 3 heterocycles. The molecule has 4 unspecified atom stereocenters. The molecular weight excluding hydrogens is 560 g/mol. The molecule has 2 aromatic carbocycles. The molecule has 0 radical (unpaired) electrons. The van der Waals surface area contributed by atoms with Crippen molar-refractivity contribution in [2.24, 2.45) is 16.7 Å². The molecule has 6 atom stereocenters. The van der Waals surface area contributed by atoms with Gasteiger partial charge in [-0.05, 0) is 87.5 Å². The van der Waals surface area contributed by atoms with Crippen molar-refractivity contribution in [1.82, 2.24) is 10.4 Å². The second kappa shape index (κ2) is 10.1. The number of nitrogens with one attached hydrogen (secondary N) is 1. The van der Waals surface area contributed by atoms with Crippen LogP contribution < -0.4 is 10.3 Å². The molecule has 10 heteroatoms. The molecule has 4 fully saturated rings. The number of nitro benzene ring substituents is 1. The standard InChI is InChI=1S/C34H40N4O6/c1-21-9-14-27-33(4)20-43-32(2,3)44-28(33)15-16-34(27,18-21)19-29-36-25-8-6-5-7-23(25)17-26(36)31(40)37(29)35-30(39)22-10-12-24(13-11-22)38(41)42/h5-8,10-13,26-29H,1,9,14-20H2,2-4H3,(H,35,39)/t26?,27-,28?,29?,33+,34?/m1/s1.